The fraction of sp³-hybridized carbons (Fsp3) is 0.769. The second-order valence-corrected chi connectivity index (χ2v) is 5.96. The average molecular weight is 221 g/mol. The van der Waals surface area contributed by atoms with E-state index in [0.29, 0.717) is 0 Å². The van der Waals surface area contributed by atoms with Crippen LogP contribution in [0.25, 0.3) is 0 Å². The van der Waals surface area contributed by atoms with E-state index in [1.165, 1.54) is 24.4 Å². The van der Waals surface area contributed by atoms with Crippen molar-refractivity contribution in [1.29, 1.82) is 0 Å². The van der Waals surface area contributed by atoms with Crippen molar-refractivity contribution in [2.75, 3.05) is 13.1 Å². The summed E-state index contributed by atoms with van der Waals surface area (Å²) in [6, 6.07) is 2.28. The Morgan fingerprint density at radius 2 is 2.25 bits per heavy atom. The Kier molecular flexibility index (Phi) is 3.06. The molecule has 1 unspecified atom stereocenters. The fourth-order valence-electron chi connectivity index (χ4n) is 2.25. The van der Waals surface area contributed by atoms with Gasteiger partial charge in [0.1, 0.15) is 0 Å². The van der Waals surface area contributed by atoms with Crippen molar-refractivity contribution >= 4 is 0 Å². The molecule has 0 bridgehead atoms. The van der Waals surface area contributed by atoms with E-state index in [4.69, 9.17) is 0 Å². The molecule has 1 saturated heterocycles. The quantitative estimate of drug-likeness (QED) is 0.826. The summed E-state index contributed by atoms with van der Waals surface area (Å²) in [6.45, 7) is 8.99. The molecule has 1 N–H and O–H groups in total. The van der Waals surface area contributed by atoms with Gasteiger partial charge in [-0.1, -0.05) is 20.8 Å². The van der Waals surface area contributed by atoms with Crippen molar-refractivity contribution in [3.63, 3.8) is 0 Å². The summed E-state index contributed by atoms with van der Waals surface area (Å²) >= 11 is 0. The number of nitrogens with one attached hydrogen (secondary N) is 1. The first kappa shape index (κ1) is 11.6. The molecule has 0 radical (unpaired) electrons. The van der Waals surface area contributed by atoms with E-state index >= 15 is 0 Å². The summed E-state index contributed by atoms with van der Waals surface area (Å²) in [7, 11) is 2.06. The molecule has 1 atom stereocenters. The summed E-state index contributed by atoms with van der Waals surface area (Å²) in [6.07, 6.45) is 2.46. The van der Waals surface area contributed by atoms with Crippen LogP contribution in [0.3, 0.4) is 0 Å². The average Bonchev–Trinajstić information content (AvgIpc) is 2.76. The van der Waals surface area contributed by atoms with Gasteiger partial charge in [-0.05, 0) is 37.9 Å². The molecule has 3 heteroatoms. The normalized spacial score (nSPS) is 21.6. The zero-order valence-electron chi connectivity index (χ0n) is 10.9. The molecule has 1 aromatic rings. The van der Waals surface area contributed by atoms with Gasteiger partial charge in [-0.25, -0.2) is 0 Å². The largest absolute Gasteiger partial charge is 0.316 e. The first-order valence-corrected chi connectivity index (χ1v) is 6.21. The molecule has 3 nitrogen and oxygen atoms in total. The standard InChI is InChI=1S/C13H23N3/c1-13(2,3)12-8-11(16(4)15-12)7-10-5-6-14-9-10/h8,10,14H,5-7,9H2,1-4H3. The number of nitrogens with zero attached hydrogens (tertiary/aromatic N) is 2. The van der Waals surface area contributed by atoms with Gasteiger partial charge in [-0.2, -0.15) is 5.10 Å². The van der Waals surface area contributed by atoms with Gasteiger partial charge in [0.15, 0.2) is 0 Å². The fourth-order valence-corrected chi connectivity index (χ4v) is 2.25. The molecule has 1 aliphatic heterocycles. The van der Waals surface area contributed by atoms with Gasteiger partial charge >= 0.3 is 0 Å². The lowest BCUT2D eigenvalue weighted by molar-refractivity contribution is 0.535. The van der Waals surface area contributed by atoms with E-state index in [-0.39, 0.29) is 5.41 Å². The number of aryl methyl sites for hydroxylation is 1. The minimum Gasteiger partial charge on any atom is -0.316 e. The van der Waals surface area contributed by atoms with E-state index in [1.807, 2.05) is 0 Å². The van der Waals surface area contributed by atoms with Gasteiger partial charge in [-0.15, -0.1) is 0 Å². The minimum absolute atomic E-state index is 0.157. The molecule has 90 valence electrons. The molecule has 0 amide bonds. The van der Waals surface area contributed by atoms with E-state index < -0.39 is 0 Å². The van der Waals surface area contributed by atoms with Crippen LogP contribution in [0, 0.1) is 5.92 Å². The van der Waals surface area contributed by atoms with E-state index in [1.54, 1.807) is 0 Å². The smallest absolute Gasteiger partial charge is 0.0680 e. The summed E-state index contributed by atoms with van der Waals surface area (Å²) in [4.78, 5) is 0. The van der Waals surface area contributed by atoms with Gasteiger partial charge < -0.3 is 5.32 Å². The number of aromatic nitrogens is 2. The van der Waals surface area contributed by atoms with E-state index in [9.17, 15) is 0 Å². The Hall–Kier alpha value is -0.830. The molecule has 0 aromatic carbocycles. The van der Waals surface area contributed by atoms with Gasteiger partial charge in [0.2, 0.25) is 0 Å². The number of rotatable bonds is 2. The summed E-state index contributed by atoms with van der Waals surface area (Å²) < 4.78 is 2.05. The third-order valence-corrected chi connectivity index (χ3v) is 3.41. The Balaban J connectivity index is 2.12. The molecule has 0 spiro atoms. The molecule has 16 heavy (non-hydrogen) atoms. The summed E-state index contributed by atoms with van der Waals surface area (Å²) in [5, 5.41) is 8.04. The van der Waals surface area contributed by atoms with Gasteiger partial charge in [0, 0.05) is 18.2 Å². The molecule has 1 aliphatic rings. The van der Waals surface area contributed by atoms with Crippen LogP contribution in [0.5, 0.6) is 0 Å². The highest BCUT2D eigenvalue weighted by Crippen LogP contribution is 2.23. The molecule has 2 heterocycles. The van der Waals surface area contributed by atoms with Crippen LogP contribution in [0.1, 0.15) is 38.6 Å². The Morgan fingerprint density at radius 3 is 2.75 bits per heavy atom. The second-order valence-electron chi connectivity index (χ2n) is 5.96. The van der Waals surface area contributed by atoms with Gasteiger partial charge in [-0.3, -0.25) is 4.68 Å². The monoisotopic (exact) mass is 221 g/mol. The predicted molar refractivity (Wildman–Crippen MR) is 66.6 cm³/mol. The molecular weight excluding hydrogens is 198 g/mol. The van der Waals surface area contributed by atoms with Crippen LogP contribution in [-0.4, -0.2) is 22.9 Å². The number of hydrogen-bond acceptors (Lipinski definition) is 2. The maximum absolute atomic E-state index is 4.62. The Morgan fingerprint density at radius 1 is 1.50 bits per heavy atom. The van der Waals surface area contributed by atoms with Crippen LogP contribution in [0.15, 0.2) is 6.07 Å². The van der Waals surface area contributed by atoms with Crippen molar-refractivity contribution in [2.45, 2.75) is 39.0 Å². The molecule has 1 fully saturated rings. The maximum Gasteiger partial charge on any atom is 0.0680 e. The van der Waals surface area contributed by atoms with Crippen molar-refractivity contribution in [2.24, 2.45) is 13.0 Å². The van der Waals surface area contributed by atoms with Gasteiger partial charge in [0.05, 0.1) is 5.69 Å². The molecular formula is C13H23N3. The molecule has 2 rings (SSSR count). The van der Waals surface area contributed by atoms with Crippen LogP contribution in [0.2, 0.25) is 0 Å². The lowest BCUT2D eigenvalue weighted by atomic mass is 9.91. The number of hydrogen-bond donors (Lipinski definition) is 1. The molecule has 1 aromatic heterocycles. The lowest BCUT2D eigenvalue weighted by Gasteiger charge is -2.13. The highest BCUT2D eigenvalue weighted by molar-refractivity contribution is 5.18. The third kappa shape index (κ3) is 2.46. The van der Waals surface area contributed by atoms with Crippen LogP contribution in [-0.2, 0) is 18.9 Å². The second kappa shape index (κ2) is 4.21. The van der Waals surface area contributed by atoms with E-state index in [0.717, 1.165) is 18.9 Å². The van der Waals surface area contributed by atoms with Crippen molar-refractivity contribution < 1.29 is 0 Å². The summed E-state index contributed by atoms with van der Waals surface area (Å²) in [5.74, 6) is 0.795. The van der Waals surface area contributed by atoms with Crippen LogP contribution in [0.4, 0.5) is 0 Å². The Bertz CT molecular complexity index is 354. The van der Waals surface area contributed by atoms with E-state index in [2.05, 4.69) is 49.0 Å². The van der Waals surface area contributed by atoms with Crippen LogP contribution < -0.4 is 5.32 Å². The first-order valence-electron chi connectivity index (χ1n) is 6.21. The summed E-state index contributed by atoms with van der Waals surface area (Å²) in [5.41, 5.74) is 2.73. The Labute approximate surface area is 98.2 Å². The third-order valence-electron chi connectivity index (χ3n) is 3.41. The lowest BCUT2D eigenvalue weighted by Crippen LogP contribution is -2.12. The minimum atomic E-state index is 0.157. The topological polar surface area (TPSA) is 29.9 Å². The highest BCUT2D eigenvalue weighted by atomic mass is 15.3. The first-order chi connectivity index (χ1) is 7.47. The maximum atomic E-state index is 4.62. The molecule has 0 aliphatic carbocycles. The van der Waals surface area contributed by atoms with Crippen molar-refractivity contribution in [3.05, 3.63) is 17.5 Å². The zero-order chi connectivity index (χ0) is 11.8. The van der Waals surface area contributed by atoms with Crippen molar-refractivity contribution in [3.8, 4) is 0 Å². The SMILES string of the molecule is Cn1nc(C(C)(C)C)cc1CC1CCNC1. The van der Waals surface area contributed by atoms with Crippen molar-refractivity contribution in [1.82, 2.24) is 15.1 Å². The molecule has 0 saturated carbocycles. The zero-order valence-corrected chi connectivity index (χ0v) is 10.9. The predicted octanol–water partition coefficient (Wildman–Crippen LogP) is 1.87. The van der Waals surface area contributed by atoms with Crippen LogP contribution >= 0.6 is 0 Å². The van der Waals surface area contributed by atoms with Gasteiger partial charge in [0.25, 0.3) is 0 Å². The highest BCUT2D eigenvalue weighted by Gasteiger charge is 2.21.